The minimum Gasteiger partial charge on any atom is -0.505 e. The summed E-state index contributed by atoms with van der Waals surface area (Å²) in [5, 5.41) is 14.7. The topological polar surface area (TPSA) is 70.6 Å². The molecule has 0 aliphatic heterocycles. The zero-order valence-corrected chi connectivity index (χ0v) is 14.2. The summed E-state index contributed by atoms with van der Waals surface area (Å²) in [6.45, 7) is 5.37. The molecule has 0 heterocycles. The minimum absolute atomic E-state index is 0.170. The van der Waals surface area contributed by atoms with Gasteiger partial charge in [-0.15, -0.1) is 0 Å². The highest BCUT2D eigenvalue weighted by atomic mass is 19.1. The van der Waals surface area contributed by atoms with Crippen molar-refractivity contribution in [2.75, 3.05) is 10.6 Å². The Morgan fingerprint density at radius 3 is 2.48 bits per heavy atom. The van der Waals surface area contributed by atoms with Gasteiger partial charge in [0.1, 0.15) is 11.4 Å². The van der Waals surface area contributed by atoms with Crippen LogP contribution in [0.25, 0.3) is 0 Å². The molecule has 0 saturated carbocycles. The smallest absolute Gasteiger partial charge is 0.412 e. The first-order valence-electron chi connectivity index (χ1n) is 7.65. The van der Waals surface area contributed by atoms with E-state index in [4.69, 9.17) is 4.74 Å². The second kappa shape index (κ2) is 7.38. The summed E-state index contributed by atoms with van der Waals surface area (Å²) in [5.74, 6) is -1.68. The number of ether oxygens (including phenoxy) is 1. The monoisotopic (exact) mass is 350 g/mol. The highest BCUT2D eigenvalue weighted by molar-refractivity contribution is 5.89. The van der Waals surface area contributed by atoms with Crippen LogP contribution in [0.4, 0.5) is 25.0 Å². The predicted octanol–water partition coefficient (Wildman–Crippen LogP) is 4.63. The quantitative estimate of drug-likeness (QED) is 0.752. The van der Waals surface area contributed by atoms with Gasteiger partial charge in [-0.3, -0.25) is 5.32 Å². The Labute approximate surface area is 144 Å². The molecule has 2 aromatic rings. The van der Waals surface area contributed by atoms with Crippen molar-refractivity contribution in [1.29, 1.82) is 0 Å². The van der Waals surface area contributed by atoms with Crippen molar-refractivity contribution < 1.29 is 23.4 Å². The van der Waals surface area contributed by atoms with Gasteiger partial charge in [0.25, 0.3) is 0 Å². The number of carbonyl (C=O) groups is 1. The summed E-state index contributed by atoms with van der Waals surface area (Å²) in [7, 11) is 0. The number of carbonyl (C=O) groups excluding carboxylic acids is 1. The largest absolute Gasteiger partial charge is 0.505 e. The number of amides is 1. The number of rotatable bonds is 4. The van der Waals surface area contributed by atoms with Crippen LogP contribution in [0.1, 0.15) is 26.3 Å². The van der Waals surface area contributed by atoms with Crippen molar-refractivity contribution in [1.82, 2.24) is 0 Å². The lowest BCUT2D eigenvalue weighted by molar-refractivity contribution is 0.0636. The molecule has 7 heteroatoms. The van der Waals surface area contributed by atoms with Gasteiger partial charge in [-0.2, -0.15) is 0 Å². The Bertz CT molecular complexity index is 773. The van der Waals surface area contributed by atoms with E-state index in [-0.39, 0.29) is 6.54 Å². The first-order valence-corrected chi connectivity index (χ1v) is 7.65. The molecule has 2 rings (SSSR count). The summed E-state index contributed by atoms with van der Waals surface area (Å²) in [4.78, 5) is 11.9. The molecule has 0 aromatic heterocycles. The first-order chi connectivity index (χ1) is 11.6. The van der Waals surface area contributed by atoms with Crippen LogP contribution >= 0.6 is 0 Å². The lowest BCUT2D eigenvalue weighted by atomic mass is 10.2. The first kappa shape index (κ1) is 18.5. The number of nitrogens with one attached hydrogen (secondary N) is 2. The number of phenolic OH excluding ortho intramolecular Hbond substituents is 1. The Balaban J connectivity index is 2.12. The van der Waals surface area contributed by atoms with E-state index < -0.39 is 29.1 Å². The average Bonchev–Trinajstić information content (AvgIpc) is 2.49. The maximum absolute atomic E-state index is 13.5. The molecule has 25 heavy (non-hydrogen) atoms. The molecule has 5 nitrogen and oxygen atoms in total. The van der Waals surface area contributed by atoms with Crippen LogP contribution in [-0.2, 0) is 11.3 Å². The number of aromatic hydroxyl groups is 1. The van der Waals surface area contributed by atoms with Crippen LogP contribution in [0.3, 0.4) is 0 Å². The van der Waals surface area contributed by atoms with Crippen LogP contribution in [0, 0.1) is 11.6 Å². The SMILES string of the molecule is CC(C)(C)OC(=O)Nc1ccc(F)cc1NCc1ccc(O)c(F)c1. The second-order valence-electron chi connectivity index (χ2n) is 6.46. The zero-order valence-electron chi connectivity index (χ0n) is 14.2. The number of anilines is 2. The van der Waals surface area contributed by atoms with E-state index in [0.717, 1.165) is 0 Å². The third-order valence-corrected chi connectivity index (χ3v) is 3.11. The molecule has 2 aromatic carbocycles. The molecule has 0 atom stereocenters. The fraction of sp³-hybridized carbons (Fsp3) is 0.278. The van der Waals surface area contributed by atoms with E-state index in [1.165, 1.54) is 36.4 Å². The van der Waals surface area contributed by atoms with Crippen LogP contribution in [0.15, 0.2) is 36.4 Å². The summed E-state index contributed by atoms with van der Waals surface area (Å²) in [6.07, 6.45) is -0.669. The Morgan fingerprint density at radius 2 is 1.84 bits per heavy atom. The lowest BCUT2D eigenvalue weighted by Gasteiger charge is -2.20. The van der Waals surface area contributed by atoms with Crippen molar-refractivity contribution in [3.05, 3.63) is 53.6 Å². The van der Waals surface area contributed by atoms with Crippen molar-refractivity contribution in [3.8, 4) is 5.75 Å². The lowest BCUT2D eigenvalue weighted by Crippen LogP contribution is -2.27. The Kier molecular flexibility index (Phi) is 5.46. The van der Waals surface area contributed by atoms with E-state index in [0.29, 0.717) is 16.9 Å². The Hall–Kier alpha value is -2.83. The highest BCUT2D eigenvalue weighted by Gasteiger charge is 2.17. The second-order valence-corrected chi connectivity index (χ2v) is 6.46. The van der Waals surface area contributed by atoms with Crippen LogP contribution < -0.4 is 10.6 Å². The van der Waals surface area contributed by atoms with Crippen molar-refractivity contribution in [3.63, 3.8) is 0 Å². The summed E-state index contributed by atoms with van der Waals surface area (Å²) in [5.41, 5.74) is 0.526. The van der Waals surface area contributed by atoms with E-state index in [2.05, 4.69) is 10.6 Å². The normalized spacial score (nSPS) is 11.1. The van der Waals surface area contributed by atoms with Gasteiger partial charge in [0.05, 0.1) is 11.4 Å². The molecular formula is C18H20F2N2O3. The van der Waals surface area contributed by atoms with E-state index in [1.807, 2.05) is 0 Å². The van der Waals surface area contributed by atoms with E-state index >= 15 is 0 Å². The van der Waals surface area contributed by atoms with Crippen molar-refractivity contribution >= 4 is 17.5 Å². The average molecular weight is 350 g/mol. The summed E-state index contributed by atoms with van der Waals surface area (Å²) in [6, 6.07) is 7.76. The molecule has 3 N–H and O–H groups in total. The fourth-order valence-corrected chi connectivity index (χ4v) is 2.04. The molecule has 0 fully saturated rings. The number of phenols is 1. The molecule has 0 spiro atoms. The molecule has 0 unspecified atom stereocenters. The maximum atomic E-state index is 13.5. The number of hydrogen-bond donors (Lipinski definition) is 3. The molecule has 134 valence electrons. The highest BCUT2D eigenvalue weighted by Crippen LogP contribution is 2.25. The number of halogens is 2. The minimum atomic E-state index is -0.745. The summed E-state index contributed by atoms with van der Waals surface area (Å²) >= 11 is 0. The van der Waals surface area contributed by atoms with Crippen molar-refractivity contribution in [2.45, 2.75) is 32.9 Å². The molecule has 1 amide bonds. The Morgan fingerprint density at radius 1 is 1.12 bits per heavy atom. The molecule has 0 bridgehead atoms. The van der Waals surface area contributed by atoms with Crippen molar-refractivity contribution in [2.24, 2.45) is 0 Å². The molecular weight excluding hydrogens is 330 g/mol. The van der Waals surface area contributed by atoms with Gasteiger partial charge >= 0.3 is 6.09 Å². The molecule has 0 aliphatic rings. The third kappa shape index (κ3) is 5.63. The zero-order chi connectivity index (χ0) is 18.6. The summed E-state index contributed by atoms with van der Waals surface area (Å²) < 4.78 is 32.1. The standard InChI is InChI=1S/C18H20F2N2O3/c1-18(2,3)25-17(24)22-14-6-5-12(19)9-15(14)21-10-11-4-7-16(23)13(20)8-11/h4-9,21,23H,10H2,1-3H3,(H,22,24). The number of hydrogen-bond acceptors (Lipinski definition) is 4. The van der Waals surface area contributed by atoms with E-state index in [1.54, 1.807) is 20.8 Å². The van der Waals surface area contributed by atoms with Crippen LogP contribution in [0.5, 0.6) is 5.75 Å². The predicted molar refractivity (Wildman–Crippen MR) is 91.6 cm³/mol. The van der Waals surface area contributed by atoms with Gasteiger partial charge in [0.15, 0.2) is 11.6 Å². The van der Waals surface area contributed by atoms with Gasteiger partial charge in [0, 0.05) is 6.54 Å². The molecule has 0 aliphatic carbocycles. The van der Waals surface area contributed by atoms with Gasteiger partial charge in [-0.25, -0.2) is 13.6 Å². The fourth-order valence-electron chi connectivity index (χ4n) is 2.04. The van der Waals surface area contributed by atoms with Gasteiger partial charge in [-0.05, 0) is 56.7 Å². The third-order valence-electron chi connectivity index (χ3n) is 3.11. The van der Waals surface area contributed by atoms with Crippen LogP contribution in [-0.4, -0.2) is 16.8 Å². The van der Waals surface area contributed by atoms with Crippen LogP contribution in [0.2, 0.25) is 0 Å². The molecule has 0 radical (unpaired) electrons. The van der Waals surface area contributed by atoms with E-state index in [9.17, 15) is 18.7 Å². The van der Waals surface area contributed by atoms with Gasteiger partial charge < -0.3 is 15.2 Å². The molecule has 0 saturated heterocycles. The van der Waals surface area contributed by atoms with Gasteiger partial charge in [-0.1, -0.05) is 6.07 Å². The van der Waals surface area contributed by atoms with Gasteiger partial charge in [0.2, 0.25) is 0 Å². The maximum Gasteiger partial charge on any atom is 0.412 e. The number of benzene rings is 2.